The van der Waals surface area contributed by atoms with Crippen molar-refractivity contribution in [2.24, 2.45) is 0 Å². The first-order valence-electron chi connectivity index (χ1n) is 8.77. The summed E-state index contributed by atoms with van der Waals surface area (Å²) in [4.78, 5) is 31.5. The highest BCUT2D eigenvalue weighted by molar-refractivity contribution is 7.12. The molecule has 1 saturated heterocycles. The Hall–Kier alpha value is -1.61. The van der Waals surface area contributed by atoms with Crippen LogP contribution < -0.4 is 5.32 Å². The molecule has 0 spiro atoms. The van der Waals surface area contributed by atoms with Gasteiger partial charge in [-0.15, -0.1) is 22.7 Å². The molecule has 26 heavy (non-hydrogen) atoms. The van der Waals surface area contributed by atoms with E-state index in [-0.39, 0.29) is 11.7 Å². The lowest BCUT2D eigenvalue weighted by molar-refractivity contribution is -0.121. The molecule has 3 rings (SSSR count). The first-order chi connectivity index (χ1) is 12.7. The van der Waals surface area contributed by atoms with Gasteiger partial charge in [0, 0.05) is 37.9 Å². The number of ketones is 1. The van der Waals surface area contributed by atoms with Gasteiger partial charge in [0.05, 0.1) is 30.3 Å². The predicted molar refractivity (Wildman–Crippen MR) is 103 cm³/mol. The molecule has 3 heterocycles. The molecular formula is C18H23N3O3S2. The molecule has 0 aliphatic carbocycles. The van der Waals surface area contributed by atoms with Gasteiger partial charge in [0.1, 0.15) is 5.01 Å². The zero-order valence-corrected chi connectivity index (χ0v) is 16.2. The van der Waals surface area contributed by atoms with Gasteiger partial charge in [-0.3, -0.25) is 14.5 Å². The Kier molecular flexibility index (Phi) is 7.31. The fourth-order valence-electron chi connectivity index (χ4n) is 2.72. The minimum absolute atomic E-state index is 0.0334. The molecule has 0 saturated carbocycles. The lowest BCUT2D eigenvalue weighted by Gasteiger charge is -2.25. The summed E-state index contributed by atoms with van der Waals surface area (Å²) < 4.78 is 5.35. The Bertz CT molecular complexity index is 709. The van der Waals surface area contributed by atoms with Crippen LogP contribution in [0, 0.1) is 0 Å². The van der Waals surface area contributed by atoms with Crippen LogP contribution in [0.4, 0.5) is 0 Å². The number of hydrogen-bond donors (Lipinski definition) is 1. The van der Waals surface area contributed by atoms with E-state index in [1.165, 1.54) is 11.3 Å². The van der Waals surface area contributed by atoms with Crippen LogP contribution >= 0.6 is 22.7 Å². The van der Waals surface area contributed by atoms with Crippen molar-refractivity contribution in [2.45, 2.75) is 32.4 Å². The molecule has 1 N–H and O–H groups in total. The summed E-state index contributed by atoms with van der Waals surface area (Å²) in [6.45, 7) is 4.72. The number of ether oxygens (including phenoxy) is 1. The molecule has 8 heteroatoms. The van der Waals surface area contributed by atoms with Crippen molar-refractivity contribution in [1.29, 1.82) is 0 Å². The van der Waals surface area contributed by atoms with E-state index in [0.717, 1.165) is 48.4 Å². The molecule has 0 unspecified atom stereocenters. The van der Waals surface area contributed by atoms with Crippen LogP contribution in [-0.4, -0.2) is 47.9 Å². The fraction of sp³-hybridized carbons (Fsp3) is 0.500. The number of thiophene rings is 1. The number of nitrogens with zero attached hydrogens (tertiary/aromatic N) is 2. The standard InChI is InChI=1S/C18H23N3O3S2/c22-15(16-4-2-10-25-16)3-1-5-17(23)19-11-18-20-14(13-26-18)12-21-6-8-24-9-7-21/h2,4,10,13H,1,3,5-9,11-12H2,(H,19,23). The van der Waals surface area contributed by atoms with E-state index < -0.39 is 0 Å². The molecule has 1 aliphatic heterocycles. The third-order valence-corrected chi connectivity index (χ3v) is 5.94. The highest BCUT2D eigenvalue weighted by Gasteiger charge is 2.13. The third kappa shape index (κ3) is 5.98. The molecule has 1 amide bonds. The lowest BCUT2D eigenvalue weighted by atomic mass is 10.1. The van der Waals surface area contributed by atoms with Crippen molar-refractivity contribution >= 4 is 34.4 Å². The van der Waals surface area contributed by atoms with Crippen molar-refractivity contribution in [3.05, 3.63) is 38.5 Å². The number of nitrogens with one attached hydrogen (secondary N) is 1. The average molecular weight is 394 g/mol. The highest BCUT2D eigenvalue weighted by atomic mass is 32.1. The first kappa shape index (κ1) is 19.2. The van der Waals surface area contributed by atoms with E-state index >= 15 is 0 Å². The van der Waals surface area contributed by atoms with E-state index in [1.807, 2.05) is 17.5 Å². The Morgan fingerprint density at radius 1 is 1.23 bits per heavy atom. The quantitative estimate of drug-likeness (QED) is 0.663. The molecule has 2 aromatic heterocycles. The van der Waals surface area contributed by atoms with Gasteiger partial charge in [-0.1, -0.05) is 6.07 Å². The Morgan fingerprint density at radius 3 is 2.85 bits per heavy atom. The van der Waals surface area contributed by atoms with Crippen LogP contribution in [0.1, 0.15) is 39.6 Å². The number of Topliss-reactive ketones (excluding diaryl/α,β-unsaturated/α-hetero) is 1. The van der Waals surface area contributed by atoms with Gasteiger partial charge in [-0.25, -0.2) is 4.98 Å². The number of amides is 1. The van der Waals surface area contributed by atoms with Crippen molar-refractivity contribution in [2.75, 3.05) is 26.3 Å². The van der Waals surface area contributed by atoms with E-state index in [4.69, 9.17) is 4.74 Å². The van der Waals surface area contributed by atoms with E-state index in [9.17, 15) is 9.59 Å². The molecule has 0 radical (unpaired) electrons. The van der Waals surface area contributed by atoms with Gasteiger partial charge < -0.3 is 10.1 Å². The zero-order valence-electron chi connectivity index (χ0n) is 14.6. The summed E-state index contributed by atoms with van der Waals surface area (Å²) in [6, 6.07) is 3.69. The second kappa shape index (κ2) is 9.91. The van der Waals surface area contributed by atoms with Gasteiger partial charge >= 0.3 is 0 Å². The number of carbonyl (C=O) groups excluding carboxylic acids is 2. The minimum atomic E-state index is -0.0334. The third-order valence-electron chi connectivity index (χ3n) is 4.13. The van der Waals surface area contributed by atoms with Crippen LogP contribution in [0.2, 0.25) is 0 Å². The largest absolute Gasteiger partial charge is 0.379 e. The van der Waals surface area contributed by atoms with Crippen LogP contribution in [0.5, 0.6) is 0 Å². The Morgan fingerprint density at radius 2 is 2.08 bits per heavy atom. The van der Waals surface area contributed by atoms with Gasteiger partial charge in [-0.05, 0) is 17.9 Å². The van der Waals surface area contributed by atoms with E-state index in [1.54, 1.807) is 11.3 Å². The number of thiazole rings is 1. The average Bonchev–Trinajstić information content (AvgIpc) is 3.33. The van der Waals surface area contributed by atoms with Crippen LogP contribution in [0.25, 0.3) is 0 Å². The van der Waals surface area contributed by atoms with Crippen molar-refractivity contribution in [3.63, 3.8) is 0 Å². The number of rotatable bonds is 9. The Balaban J connectivity index is 1.33. The monoisotopic (exact) mass is 393 g/mol. The van der Waals surface area contributed by atoms with Crippen LogP contribution in [0.15, 0.2) is 22.9 Å². The molecule has 1 aliphatic rings. The number of aromatic nitrogens is 1. The summed E-state index contributed by atoms with van der Waals surface area (Å²) >= 11 is 3.02. The number of morpholine rings is 1. The maximum absolute atomic E-state index is 11.9. The summed E-state index contributed by atoms with van der Waals surface area (Å²) in [6.07, 6.45) is 1.35. The second-order valence-electron chi connectivity index (χ2n) is 6.15. The topological polar surface area (TPSA) is 71.5 Å². The van der Waals surface area contributed by atoms with Gasteiger partial charge in [0.2, 0.25) is 5.91 Å². The molecule has 1 fully saturated rings. The molecule has 0 aromatic carbocycles. The predicted octanol–water partition coefficient (Wildman–Crippen LogP) is 2.71. The van der Waals surface area contributed by atoms with Crippen molar-refractivity contribution in [3.8, 4) is 0 Å². The minimum Gasteiger partial charge on any atom is -0.379 e. The fourth-order valence-corrected chi connectivity index (χ4v) is 4.14. The summed E-state index contributed by atoms with van der Waals surface area (Å²) in [7, 11) is 0. The summed E-state index contributed by atoms with van der Waals surface area (Å²) in [5.74, 6) is 0.0781. The first-order valence-corrected chi connectivity index (χ1v) is 10.5. The van der Waals surface area contributed by atoms with Crippen LogP contribution in [-0.2, 0) is 22.6 Å². The SMILES string of the molecule is O=C(CCCC(=O)c1cccs1)NCc1nc(CN2CCOCC2)cs1. The zero-order chi connectivity index (χ0) is 18.2. The van der Waals surface area contributed by atoms with Crippen LogP contribution in [0.3, 0.4) is 0 Å². The normalized spacial score (nSPS) is 15.1. The molecule has 2 aromatic rings. The highest BCUT2D eigenvalue weighted by Crippen LogP contribution is 2.14. The molecular weight excluding hydrogens is 370 g/mol. The summed E-state index contributed by atoms with van der Waals surface area (Å²) in [5.41, 5.74) is 1.04. The molecule has 0 bridgehead atoms. The van der Waals surface area contributed by atoms with Gasteiger partial charge in [0.25, 0.3) is 0 Å². The maximum atomic E-state index is 11.9. The second-order valence-corrected chi connectivity index (χ2v) is 8.04. The van der Waals surface area contributed by atoms with E-state index in [2.05, 4.69) is 20.6 Å². The van der Waals surface area contributed by atoms with Crippen molar-refractivity contribution < 1.29 is 14.3 Å². The molecule has 140 valence electrons. The number of carbonyl (C=O) groups is 2. The van der Waals surface area contributed by atoms with E-state index in [0.29, 0.717) is 25.8 Å². The maximum Gasteiger partial charge on any atom is 0.220 e. The van der Waals surface area contributed by atoms with Gasteiger partial charge in [-0.2, -0.15) is 0 Å². The lowest BCUT2D eigenvalue weighted by Crippen LogP contribution is -2.35. The summed E-state index contributed by atoms with van der Waals surface area (Å²) in [5, 5.41) is 7.75. The van der Waals surface area contributed by atoms with Crippen molar-refractivity contribution in [1.82, 2.24) is 15.2 Å². The molecule has 6 nitrogen and oxygen atoms in total. The van der Waals surface area contributed by atoms with Gasteiger partial charge in [0.15, 0.2) is 5.78 Å². The Labute approximate surface area is 161 Å². The molecule has 0 atom stereocenters. The smallest absolute Gasteiger partial charge is 0.220 e. The number of hydrogen-bond acceptors (Lipinski definition) is 7.